The average Bonchev–Trinajstić information content (AvgIpc) is 2.76. The first-order valence-corrected chi connectivity index (χ1v) is 12.0. The molecule has 0 aromatic heterocycles. The molecule has 33 heavy (non-hydrogen) atoms. The molecule has 3 aromatic rings. The summed E-state index contributed by atoms with van der Waals surface area (Å²) in [4.78, 5) is 11.5. The molecular formula is C24H26Cl2N2O4S. The highest BCUT2D eigenvalue weighted by molar-refractivity contribution is 7.91. The third kappa shape index (κ3) is 7.55. The monoisotopic (exact) mass is 508 g/mol. The van der Waals surface area contributed by atoms with Gasteiger partial charge in [0, 0.05) is 24.2 Å². The summed E-state index contributed by atoms with van der Waals surface area (Å²) < 4.78 is 25.8. The molecule has 0 saturated heterocycles. The lowest BCUT2D eigenvalue weighted by atomic mass is 10.1. The van der Waals surface area contributed by atoms with Crippen LogP contribution in [-0.2, 0) is 21.1 Å². The second-order valence-corrected chi connectivity index (χ2v) is 9.77. The maximum Gasteiger partial charge on any atom is 0.221 e. The molecule has 0 fully saturated rings. The normalized spacial score (nSPS) is 12.0. The molecule has 0 spiro atoms. The molecule has 1 amide bonds. The smallest absolute Gasteiger partial charge is 0.221 e. The predicted octanol–water partition coefficient (Wildman–Crippen LogP) is 4.42. The molecule has 0 bridgehead atoms. The van der Waals surface area contributed by atoms with Crippen LogP contribution in [0.25, 0.3) is 0 Å². The standard InChI is InChI=1S/C24H25ClN2O4S.ClH/c1-17(28)27-21-6-3-7-23(15-21)32(30,31)22-10-8-18(9-11-22)12-13-26-16-24(29)19-4-2-5-20(25)14-19;/h2-11,14-15,24,26,29H,12-13,16H2,1H3,(H,27,28);1H/t24-;/m0./s1. The summed E-state index contributed by atoms with van der Waals surface area (Å²) in [6.07, 6.45) is 0.0233. The van der Waals surface area contributed by atoms with Crippen molar-refractivity contribution in [2.24, 2.45) is 0 Å². The van der Waals surface area contributed by atoms with Crippen molar-refractivity contribution >= 4 is 45.4 Å². The van der Waals surface area contributed by atoms with Gasteiger partial charge in [0.15, 0.2) is 0 Å². The molecule has 3 rings (SSSR count). The number of anilines is 1. The zero-order chi connectivity index (χ0) is 23.1. The van der Waals surface area contributed by atoms with E-state index < -0.39 is 15.9 Å². The van der Waals surface area contributed by atoms with Crippen molar-refractivity contribution in [3.05, 3.63) is 88.9 Å². The Bertz CT molecular complexity index is 1190. The second kappa shape index (κ2) is 12.2. The van der Waals surface area contributed by atoms with Gasteiger partial charge in [0.05, 0.1) is 15.9 Å². The minimum atomic E-state index is -3.70. The molecule has 0 aliphatic heterocycles. The van der Waals surface area contributed by atoms with Crippen LogP contribution in [0.5, 0.6) is 0 Å². The number of aliphatic hydroxyl groups is 1. The summed E-state index contributed by atoms with van der Waals surface area (Å²) in [6, 6.07) is 20.0. The van der Waals surface area contributed by atoms with Gasteiger partial charge < -0.3 is 15.7 Å². The summed E-state index contributed by atoms with van der Waals surface area (Å²) in [5, 5.41) is 16.6. The number of amides is 1. The van der Waals surface area contributed by atoms with E-state index in [1.54, 1.807) is 54.6 Å². The summed E-state index contributed by atoms with van der Waals surface area (Å²) in [6.45, 7) is 2.38. The molecule has 0 unspecified atom stereocenters. The molecule has 3 N–H and O–H groups in total. The van der Waals surface area contributed by atoms with Gasteiger partial charge in [0.1, 0.15) is 0 Å². The van der Waals surface area contributed by atoms with Crippen LogP contribution in [0.1, 0.15) is 24.2 Å². The Hall–Kier alpha value is -2.42. The number of halogens is 2. The van der Waals surface area contributed by atoms with Gasteiger partial charge in [0.2, 0.25) is 15.7 Å². The molecule has 9 heteroatoms. The molecule has 0 aliphatic rings. The molecular weight excluding hydrogens is 483 g/mol. The summed E-state index contributed by atoms with van der Waals surface area (Å²) in [5.74, 6) is -0.266. The third-order valence-corrected chi connectivity index (χ3v) is 6.86. The number of benzene rings is 3. The van der Waals surface area contributed by atoms with Gasteiger partial charge in [-0.1, -0.05) is 41.9 Å². The van der Waals surface area contributed by atoms with Gasteiger partial charge in [-0.3, -0.25) is 4.79 Å². The Morgan fingerprint density at radius 1 is 1.00 bits per heavy atom. The van der Waals surface area contributed by atoms with Gasteiger partial charge in [-0.05, 0) is 66.6 Å². The number of nitrogens with one attached hydrogen (secondary N) is 2. The molecule has 1 atom stereocenters. The van der Waals surface area contributed by atoms with Gasteiger partial charge in [-0.2, -0.15) is 0 Å². The minimum absolute atomic E-state index is 0. The Morgan fingerprint density at radius 2 is 1.70 bits per heavy atom. The molecule has 0 aliphatic carbocycles. The number of carbonyl (C=O) groups is 1. The largest absolute Gasteiger partial charge is 0.387 e. The quantitative estimate of drug-likeness (QED) is 0.372. The van der Waals surface area contributed by atoms with Crippen molar-refractivity contribution in [2.45, 2.75) is 29.2 Å². The third-order valence-electron chi connectivity index (χ3n) is 4.86. The van der Waals surface area contributed by atoms with Crippen molar-refractivity contribution in [2.75, 3.05) is 18.4 Å². The average molecular weight is 509 g/mol. The highest BCUT2D eigenvalue weighted by Crippen LogP contribution is 2.24. The van der Waals surface area contributed by atoms with Crippen LogP contribution < -0.4 is 10.6 Å². The molecule has 176 valence electrons. The fourth-order valence-electron chi connectivity index (χ4n) is 3.22. The first-order valence-electron chi connectivity index (χ1n) is 10.1. The maximum absolute atomic E-state index is 12.9. The first-order chi connectivity index (χ1) is 15.3. The van der Waals surface area contributed by atoms with Crippen molar-refractivity contribution in [1.82, 2.24) is 5.32 Å². The van der Waals surface area contributed by atoms with Crippen LogP contribution in [0.4, 0.5) is 5.69 Å². The van der Waals surface area contributed by atoms with E-state index in [1.165, 1.54) is 19.1 Å². The maximum atomic E-state index is 12.9. The highest BCUT2D eigenvalue weighted by Gasteiger charge is 2.18. The lowest BCUT2D eigenvalue weighted by Gasteiger charge is -2.13. The van der Waals surface area contributed by atoms with Crippen molar-refractivity contribution in [3.8, 4) is 0 Å². The van der Waals surface area contributed by atoms with Crippen molar-refractivity contribution in [3.63, 3.8) is 0 Å². The lowest BCUT2D eigenvalue weighted by molar-refractivity contribution is -0.114. The van der Waals surface area contributed by atoms with E-state index in [0.29, 0.717) is 30.2 Å². The van der Waals surface area contributed by atoms with Crippen LogP contribution in [0.15, 0.2) is 82.6 Å². The number of hydrogen-bond acceptors (Lipinski definition) is 5. The van der Waals surface area contributed by atoms with Crippen molar-refractivity contribution in [1.29, 1.82) is 0 Å². The SMILES string of the molecule is CC(=O)Nc1cccc(S(=O)(=O)c2ccc(CCNC[C@H](O)c3cccc(Cl)c3)cc2)c1.Cl. The summed E-state index contributed by atoms with van der Waals surface area (Å²) in [7, 11) is -3.70. The molecule has 0 saturated carbocycles. The number of carbonyl (C=O) groups excluding carboxylic acids is 1. The van der Waals surface area contributed by atoms with Gasteiger partial charge in [-0.15, -0.1) is 12.4 Å². The van der Waals surface area contributed by atoms with Crippen LogP contribution in [0.3, 0.4) is 0 Å². The molecule has 6 nitrogen and oxygen atoms in total. The molecule has 0 radical (unpaired) electrons. The van der Waals surface area contributed by atoms with Gasteiger partial charge in [-0.25, -0.2) is 8.42 Å². The Kier molecular flexibility index (Phi) is 9.88. The highest BCUT2D eigenvalue weighted by atomic mass is 35.5. The number of sulfone groups is 1. The van der Waals surface area contributed by atoms with Gasteiger partial charge in [0.25, 0.3) is 0 Å². The fourth-order valence-corrected chi connectivity index (χ4v) is 4.72. The van der Waals surface area contributed by atoms with E-state index in [2.05, 4.69) is 10.6 Å². The first kappa shape index (κ1) is 26.8. The Morgan fingerprint density at radius 3 is 2.36 bits per heavy atom. The van der Waals surface area contributed by atoms with E-state index in [4.69, 9.17) is 11.6 Å². The van der Waals surface area contributed by atoms with Crippen molar-refractivity contribution < 1.29 is 18.3 Å². The zero-order valence-electron chi connectivity index (χ0n) is 18.0. The summed E-state index contributed by atoms with van der Waals surface area (Å²) in [5.41, 5.74) is 2.16. The summed E-state index contributed by atoms with van der Waals surface area (Å²) >= 11 is 5.95. The Labute approximate surface area is 205 Å². The lowest BCUT2D eigenvalue weighted by Crippen LogP contribution is -2.23. The molecule has 0 heterocycles. The van der Waals surface area contributed by atoms with Crippen LogP contribution in [0, 0.1) is 0 Å². The van der Waals surface area contributed by atoms with E-state index in [1.807, 2.05) is 6.07 Å². The minimum Gasteiger partial charge on any atom is -0.387 e. The molecule has 3 aromatic carbocycles. The second-order valence-electron chi connectivity index (χ2n) is 7.38. The number of hydrogen-bond donors (Lipinski definition) is 3. The van der Waals surface area contributed by atoms with Crippen LogP contribution in [-0.4, -0.2) is 32.5 Å². The van der Waals surface area contributed by atoms with E-state index in [9.17, 15) is 18.3 Å². The topological polar surface area (TPSA) is 95.5 Å². The van der Waals surface area contributed by atoms with Crippen LogP contribution >= 0.6 is 24.0 Å². The number of rotatable bonds is 9. The zero-order valence-corrected chi connectivity index (χ0v) is 20.4. The Balaban J connectivity index is 0.00000385. The van der Waals surface area contributed by atoms with E-state index in [0.717, 1.165) is 11.1 Å². The van der Waals surface area contributed by atoms with Crippen LogP contribution in [0.2, 0.25) is 5.02 Å². The van der Waals surface area contributed by atoms with Gasteiger partial charge >= 0.3 is 0 Å². The van der Waals surface area contributed by atoms with E-state index in [-0.39, 0.29) is 28.1 Å². The predicted molar refractivity (Wildman–Crippen MR) is 133 cm³/mol. The fraction of sp³-hybridized carbons (Fsp3) is 0.208. The number of aliphatic hydroxyl groups excluding tert-OH is 1. The van der Waals surface area contributed by atoms with E-state index >= 15 is 0 Å².